The molecule has 1 aromatic carbocycles. The van der Waals surface area contributed by atoms with E-state index in [4.69, 9.17) is 11.6 Å². The van der Waals surface area contributed by atoms with Crippen LogP contribution in [0.15, 0.2) is 36.7 Å². The highest BCUT2D eigenvalue weighted by Crippen LogP contribution is 2.25. The number of halogens is 1. The van der Waals surface area contributed by atoms with Crippen molar-refractivity contribution in [3.8, 4) is 0 Å². The normalized spacial score (nSPS) is 11.2. The molecule has 86 valence electrons. The lowest BCUT2D eigenvalue weighted by Crippen LogP contribution is -1.95. The zero-order valence-corrected chi connectivity index (χ0v) is 10.9. The van der Waals surface area contributed by atoms with E-state index < -0.39 is 0 Å². The van der Waals surface area contributed by atoms with Crippen molar-refractivity contribution in [1.82, 2.24) is 9.55 Å². The predicted octanol–water partition coefficient (Wildman–Crippen LogP) is 4.11. The number of fused-ring (bicyclic) bond motifs is 1. The van der Waals surface area contributed by atoms with Crippen LogP contribution in [-0.2, 0) is 6.54 Å². The van der Waals surface area contributed by atoms with Crippen molar-refractivity contribution in [3.05, 3.63) is 51.6 Å². The van der Waals surface area contributed by atoms with Crippen LogP contribution >= 0.6 is 22.9 Å². The summed E-state index contributed by atoms with van der Waals surface area (Å²) in [5, 5.41) is 3.08. The van der Waals surface area contributed by atoms with Gasteiger partial charge in [0.2, 0.25) is 0 Å². The van der Waals surface area contributed by atoms with E-state index in [0.717, 1.165) is 22.1 Å². The summed E-state index contributed by atoms with van der Waals surface area (Å²) in [7, 11) is 0. The molecule has 0 bridgehead atoms. The average molecular weight is 263 g/mol. The number of aryl methyl sites for hydroxylation is 1. The van der Waals surface area contributed by atoms with Crippen LogP contribution < -0.4 is 0 Å². The summed E-state index contributed by atoms with van der Waals surface area (Å²) < 4.78 is 2.17. The summed E-state index contributed by atoms with van der Waals surface area (Å²) in [5.74, 6) is 0. The van der Waals surface area contributed by atoms with Gasteiger partial charge >= 0.3 is 0 Å². The fourth-order valence-electron chi connectivity index (χ4n) is 1.99. The van der Waals surface area contributed by atoms with E-state index in [0.29, 0.717) is 0 Å². The van der Waals surface area contributed by atoms with Gasteiger partial charge in [-0.15, -0.1) is 11.3 Å². The first-order valence-electron chi connectivity index (χ1n) is 5.39. The second kappa shape index (κ2) is 4.17. The lowest BCUT2D eigenvalue weighted by Gasteiger charge is -2.04. The first kappa shape index (κ1) is 10.8. The minimum atomic E-state index is 0.800. The predicted molar refractivity (Wildman–Crippen MR) is 72.9 cm³/mol. The molecule has 0 aliphatic carbocycles. The molecule has 17 heavy (non-hydrogen) atoms. The quantitative estimate of drug-likeness (QED) is 0.680. The molecule has 0 spiro atoms. The molecule has 2 aromatic heterocycles. The van der Waals surface area contributed by atoms with Crippen LogP contribution in [0.2, 0.25) is 5.02 Å². The Kier molecular flexibility index (Phi) is 2.65. The first-order valence-corrected chi connectivity index (χ1v) is 6.58. The maximum absolute atomic E-state index is 6.24. The third-order valence-corrected chi connectivity index (χ3v) is 3.94. The van der Waals surface area contributed by atoms with E-state index in [9.17, 15) is 0 Å². The fourth-order valence-corrected chi connectivity index (χ4v) is 3.08. The van der Waals surface area contributed by atoms with Crippen molar-refractivity contribution in [2.75, 3.05) is 0 Å². The van der Waals surface area contributed by atoms with Gasteiger partial charge in [0.15, 0.2) is 0 Å². The number of hydrogen-bond acceptors (Lipinski definition) is 2. The second-order valence-electron chi connectivity index (χ2n) is 3.97. The van der Waals surface area contributed by atoms with E-state index in [1.807, 2.05) is 25.3 Å². The Morgan fingerprint density at radius 3 is 3.00 bits per heavy atom. The topological polar surface area (TPSA) is 17.8 Å². The fraction of sp³-hybridized carbons (Fsp3) is 0.154. The van der Waals surface area contributed by atoms with Crippen molar-refractivity contribution in [2.45, 2.75) is 13.5 Å². The third-order valence-electron chi connectivity index (χ3n) is 2.73. The minimum absolute atomic E-state index is 0.800. The molecule has 0 radical (unpaired) electrons. The van der Waals surface area contributed by atoms with Crippen LogP contribution in [0.5, 0.6) is 0 Å². The molecule has 0 aliphatic rings. The lowest BCUT2D eigenvalue weighted by molar-refractivity contribution is 0.849. The van der Waals surface area contributed by atoms with E-state index in [1.165, 1.54) is 10.3 Å². The second-order valence-corrected chi connectivity index (χ2v) is 5.69. The van der Waals surface area contributed by atoms with Gasteiger partial charge in [-0.3, -0.25) is 0 Å². The van der Waals surface area contributed by atoms with Crippen molar-refractivity contribution in [2.24, 2.45) is 0 Å². The molecule has 0 unspecified atom stereocenters. The van der Waals surface area contributed by atoms with E-state index in [2.05, 4.69) is 27.9 Å². The van der Waals surface area contributed by atoms with Crippen LogP contribution in [0.3, 0.4) is 0 Å². The number of para-hydroxylation sites is 1. The van der Waals surface area contributed by atoms with Gasteiger partial charge in [-0.1, -0.05) is 23.7 Å². The van der Waals surface area contributed by atoms with E-state index >= 15 is 0 Å². The van der Waals surface area contributed by atoms with Crippen molar-refractivity contribution >= 4 is 33.8 Å². The molecule has 0 aliphatic heterocycles. The molecule has 0 fully saturated rings. The standard InChI is InChI=1S/C13H11ClN2S/c1-9-15-7-11(17-9)8-16-6-5-10-3-2-4-12(14)13(10)16/h2-7H,8H2,1H3. The Morgan fingerprint density at radius 2 is 2.24 bits per heavy atom. The zero-order chi connectivity index (χ0) is 11.8. The van der Waals surface area contributed by atoms with Crippen molar-refractivity contribution < 1.29 is 0 Å². The molecule has 0 N–H and O–H groups in total. The molecule has 3 rings (SSSR count). The molecule has 4 heteroatoms. The van der Waals surface area contributed by atoms with Crippen LogP contribution in [0.4, 0.5) is 0 Å². The minimum Gasteiger partial charge on any atom is -0.341 e. The SMILES string of the molecule is Cc1ncc(Cn2ccc3cccc(Cl)c32)s1. The van der Waals surface area contributed by atoms with Gasteiger partial charge in [0.1, 0.15) is 0 Å². The first-order chi connectivity index (χ1) is 8.24. The molecular formula is C13H11ClN2S. The maximum atomic E-state index is 6.24. The summed E-state index contributed by atoms with van der Waals surface area (Å²) in [4.78, 5) is 5.52. The summed E-state index contributed by atoms with van der Waals surface area (Å²) in [6, 6.07) is 8.08. The van der Waals surface area contributed by atoms with Gasteiger partial charge in [-0.25, -0.2) is 4.98 Å². The zero-order valence-electron chi connectivity index (χ0n) is 9.35. The Hall–Kier alpha value is -1.32. The molecule has 2 nitrogen and oxygen atoms in total. The van der Waals surface area contributed by atoms with Crippen LogP contribution in [-0.4, -0.2) is 9.55 Å². The smallest absolute Gasteiger partial charge is 0.0897 e. The summed E-state index contributed by atoms with van der Waals surface area (Å²) in [6.45, 7) is 2.85. The maximum Gasteiger partial charge on any atom is 0.0897 e. The third kappa shape index (κ3) is 1.96. The summed E-state index contributed by atoms with van der Waals surface area (Å²) >= 11 is 7.97. The largest absolute Gasteiger partial charge is 0.341 e. The molecule has 2 heterocycles. The Morgan fingerprint density at radius 1 is 1.35 bits per heavy atom. The van der Waals surface area contributed by atoms with Crippen molar-refractivity contribution in [1.29, 1.82) is 0 Å². The van der Waals surface area contributed by atoms with Gasteiger partial charge in [-0.2, -0.15) is 0 Å². The van der Waals surface area contributed by atoms with Gasteiger partial charge < -0.3 is 4.57 Å². The molecule has 0 saturated carbocycles. The number of aromatic nitrogens is 2. The number of benzene rings is 1. The van der Waals surface area contributed by atoms with E-state index in [-0.39, 0.29) is 0 Å². The lowest BCUT2D eigenvalue weighted by atomic mass is 10.2. The number of rotatable bonds is 2. The highest BCUT2D eigenvalue weighted by atomic mass is 35.5. The van der Waals surface area contributed by atoms with Gasteiger partial charge in [0, 0.05) is 22.7 Å². The van der Waals surface area contributed by atoms with E-state index in [1.54, 1.807) is 11.3 Å². The number of nitrogens with zero attached hydrogens (tertiary/aromatic N) is 2. The Balaban J connectivity index is 2.06. The van der Waals surface area contributed by atoms with Crippen molar-refractivity contribution in [3.63, 3.8) is 0 Å². The molecule has 0 saturated heterocycles. The average Bonchev–Trinajstić information content (AvgIpc) is 2.88. The number of hydrogen-bond donors (Lipinski definition) is 0. The number of thiazole rings is 1. The summed E-state index contributed by atoms with van der Waals surface area (Å²) in [6.07, 6.45) is 4.01. The molecule has 0 amide bonds. The summed E-state index contributed by atoms with van der Waals surface area (Å²) in [5.41, 5.74) is 1.10. The van der Waals surface area contributed by atoms with Gasteiger partial charge in [0.25, 0.3) is 0 Å². The molecular weight excluding hydrogens is 252 g/mol. The highest BCUT2D eigenvalue weighted by Gasteiger charge is 2.06. The van der Waals surface area contributed by atoms with Crippen LogP contribution in [0, 0.1) is 6.92 Å². The van der Waals surface area contributed by atoms with Crippen LogP contribution in [0.25, 0.3) is 10.9 Å². The Bertz CT molecular complexity index is 669. The highest BCUT2D eigenvalue weighted by molar-refractivity contribution is 7.11. The van der Waals surface area contributed by atoms with Gasteiger partial charge in [-0.05, 0) is 19.1 Å². The molecule has 3 aromatic rings. The van der Waals surface area contributed by atoms with Crippen LogP contribution in [0.1, 0.15) is 9.88 Å². The molecule has 0 atom stereocenters. The van der Waals surface area contributed by atoms with Gasteiger partial charge in [0.05, 0.1) is 22.1 Å². The monoisotopic (exact) mass is 262 g/mol. The Labute approximate surface area is 108 Å².